The molecule has 0 aliphatic carbocycles. The number of hydrogen-bond acceptors (Lipinski definition) is 5. The third-order valence-electron chi connectivity index (χ3n) is 4.90. The summed E-state index contributed by atoms with van der Waals surface area (Å²) in [5.41, 5.74) is 2.23. The number of nitrogens with zero attached hydrogens (tertiary/aromatic N) is 5. The van der Waals surface area contributed by atoms with Crippen LogP contribution in [-0.2, 0) is 0 Å². The number of nitrogens with one attached hydrogen (secondary N) is 1. The summed E-state index contributed by atoms with van der Waals surface area (Å²) in [7, 11) is 0. The van der Waals surface area contributed by atoms with Gasteiger partial charge >= 0.3 is 0 Å². The van der Waals surface area contributed by atoms with Crippen LogP contribution in [0.1, 0.15) is 31.2 Å². The number of fused-ring (bicyclic) bond motifs is 1. The molecule has 2 saturated heterocycles. The second-order valence-corrected chi connectivity index (χ2v) is 6.45. The first-order valence-corrected chi connectivity index (χ1v) is 8.15. The molecule has 0 spiro atoms. The van der Waals surface area contributed by atoms with Crippen LogP contribution in [0.4, 0.5) is 5.95 Å². The molecule has 0 saturated carbocycles. The molecule has 2 fully saturated rings. The van der Waals surface area contributed by atoms with Crippen molar-refractivity contribution in [3.63, 3.8) is 0 Å². The summed E-state index contributed by atoms with van der Waals surface area (Å²) in [5, 5.41) is 15.7. The highest BCUT2D eigenvalue weighted by molar-refractivity contribution is 5.40. The van der Waals surface area contributed by atoms with E-state index in [0.29, 0.717) is 6.04 Å². The van der Waals surface area contributed by atoms with Crippen LogP contribution >= 0.6 is 0 Å². The standard InChI is InChI=1S/C16H22N6/c1-12-4-6-14(7-5-12)22-16(18-19-20-22)17-13-8-10-21-9-2-3-15(21)11-13/h4-7,13,15H,2-3,8-11H2,1H3,(H,17,18,20)/t13-,15+/m1/s1. The van der Waals surface area contributed by atoms with E-state index in [-0.39, 0.29) is 0 Å². The third kappa shape index (κ3) is 2.59. The van der Waals surface area contributed by atoms with Gasteiger partial charge in [0.15, 0.2) is 0 Å². The van der Waals surface area contributed by atoms with Crippen LogP contribution in [0.3, 0.4) is 0 Å². The van der Waals surface area contributed by atoms with E-state index in [1.165, 1.54) is 37.9 Å². The molecule has 0 bridgehead atoms. The van der Waals surface area contributed by atoms with Gasteiger partial charge in [0.05, 0.1) is 5.69 Å². The molecule has 2 aliphatic rings. The highest BCUT2D eigenvalue weighted by atomic mass is 15.6. The van der Waals surface area contributed by atoms with Crippen molar-refractivity contribution < 1.29 is 0 Å². The van der Waals surface area contributed by atoms with Crippen LogP contribution in [0.25, 0.3) is 5.69 Å². The average molecular weight is 298 g/mol. The topological polar surface area (TPSA) is 58.9 Å². The third-order valence-corrected chi connectivity index (χ3v) is 4.90. The van der Waals surface area contributed by atoms with Gasteiger partial charge in [-0.2, -0.15) is 4.68 Å². The van der Waals surface area contributed by atoms with E-state index in [2.05, 4.69) is 56.9 Å². The van der Waals surface area contributed by atoms with Gasteiger partial charge in [-0.1, -0.05) is 22.8 Å². The number of aryl methyl sites for hydroxylation is 1. The van der Waals surface area contributed by atoms with Gasteiger partial charge in [-0.3, -0.25) is 0 Å². The molecule has 1 N–H and O–H groups in total. The molecule has 3 heterocycles. The van der Waals surface area contributed by atoms with Gasteiger partial charge in [0.2, 0.25) is 5.95 Å². The maximum absolute atomic E-state index is 4.17. The summed E-state index contributed by atoms with van der Waals surface area (Å²) in [4.78, 5) is 2.63. The van der Waals surface area contributed by atoms with Gasteiger partial charge in [-0.05, 0) is 61.7 Å². The minimum absolute atomic E-state index is 0.467. The molecule has 0 amide bonds. The second kappa shape index (κ2) is 5.68. The van der Waals surface area contributed by atoms with Crippen molar-refractivity contribution >= 4 is 5.95 Å². The Bertz CT molecular complexity index is 634. The van der Waals surface area contributed by atoms with Crippen LogP contribution in [0, 0.1) is 6.92 Å². The van der Waals surface area contributed by atoms with Crippen molar-refractivity contribution in [2.24, 2.45) is 0 Å². The van der Waals surface area contributed by atoms with E-state index in [1.807, 2.05) is 0 Å². The first kappa shape index (κ1) is 13.7. The van der Waals surface area contributed by atoms with Crippen LogP contribution in [0.2, 0.25) is 0 Å². The van der Waals surface area contributed by atoms with Crippen molar-refractivity contribution in [1.82, 2.24) is 25.1 Å². The molecule has 4 rings (SSSR count). The zero-order valence-corrected chi connectivity index (χ0v) is 12.9. The lowest BCUT2D eigenvalue weighted by Gasteiger charge is -2.35. The minimum Gasteiger partial charge on any atom is -0.350 e. The van der Waals surface area contributed by atoms with Gasteiger partial charge in [0, 0.05) is 18.6 Å². The van der Waals surface area contributed by atoms with Crippen molar-refractivity contribution in [2.45, 2.75) is 44.7 Å². The Labute approximate surface area is 130 Å². The summed E-state index contributed by atoms with van der Waals surface area (Å²) >= 11 is 0. The summed E-state index contributed by atoms with van der Waals surface area (Å²) in [6.45, 7) is 4.55. The smallest absolute Gasteiger partial charge is 0.247 e. The fraction of sp³-hybridized carbons (Fsp3) is 0.562. The van der Waals surface area contributed by atoms with Crippen molar-refractivity contribution in [3.05, 3.63) is 29.8 Å². The van der Waals surface area contributed by atoms with E-state index in [9.17, 15) is 0 Å². The number of piperidine rings is 1. The largest absolute Gasteiger partial charge is 0.350 e. The lowest BCUT2D eigenvalue weighted by atomic mass is 9.98. The molecule has 2 atom stereocenters. The number of hydrogen-bond donors (Lipinski definition) is 1. The molecule has 22 heavy (non-hydrogen) atoms. The Morgan fingerprint density at radius 3 is 2.86 bits per heavy atom. The quantitative estimate of drug-likeness (QED) is 0.939. The number of benzene rings is 1. The maximum Gasteiger partial charge on any atom is 0.247 e. The van der Waals surface area contributed by atoms with Crippen molar-refractivity contribution in [1.29, 1.82) is 0 Å². The van der Waals surface area contributed by atoms with E-state index >= 15 is 0 Å². The van der Waals surface area contributed by atoms with Gasteiger partial charge in [-0.25, -0.2) is 0 Å². The van der Waals surface area contributed by atoms with Crippen LogP contribution < -0.4 is 5.32 Å². The number of rotatable bonds is 3. The Hall–Kier alpha value is -1.95. The van der Waals surface area contributed by atoms with Gasteiger partial charge in [0.25, 0.3) is 0 Å². The molecule has 6 nitrogen and oxygen atoms in total. The molecule has 1 aromatic heterocycles. The molecular formula is C16H22N6. The summed E-state index contributed by atoms with van der Waals surface area (Å²) in [6.07, 6.45) is 5.04. The fourth-order valence-electron chi connectivity index (χ4n) is 3.68. The molecule has 2 aliphatic heterocycles. The highest BCUT2D eigenvalue weighted by Crippen LogP contribution is 2.28. The van der Waals surface area contributed by atoms with Gasteiger partial charge in [-0.15, -0.1) is 0 Å². The molecule has 1 aromatic carbocycles. The lowest BCUT2D eigenvalue weighted by molar-refractivity contribution is 0.187. The molecule has 6 heteroatoms. The maximum atomic E-state index is 4.17. The summed E-state index contributed by atoms with van der Waals surface area (Å²) in [5.74, 6) is 0.750. The zero-order chi connectivity index (χ0) is 14.9. The van der Waals surface area contributed by atoms with Crippen molar-refractivity contribution in [2.75, 3.05) is 18.4 Å². The van der Waals surface area contributed by atoms with Crippen molar-refractivity contribution in [3.8, 4) is 5.69 Å². The summed E-state index contributed by atoms with van der Waals surface area (Å²) < 4.78 is 1.79. The predicted octanol–water partition coefficient (Wildman–Crippen LogP) is 2.01. The first-order valence-electron chi connectivity index (χ1n) is 8.15. The first-order chi connectivity index (χ1) is 10.8. The average Bonchev–Trinajstić information content (AvgIpc) is 3.17. The normalized spacial score (nSPS) is 25.1. The van der Waals surface area contributed by atoms with Crippen LogP contribution in [0.15, 0.2) is 24.3 Å². The Kier molecular flexibility index (Phi) is 3.54. The monoisotopic (exact) mass is 298 g/mol. The second-order valence-electron chi connectivity index (χ2n) is 6.45. The number of aromatic nitrogens is 4. The Morgan fingerprint density at radius 1 is 1.14 bits per heavy atom. The molecule has 0 unspecified atom stereocenters. The number of anilines is 1. The van der Waals surface area contributed by atoms with Crippen LogP contribution in [0.5, 0.6) is 0 Å². The van der Waals surface area contributed by atoms with E-state index in [0.717, 1.165) is 24.1 Å². The number of tetrazole rings is 1. The highest BCUT2D eigenvalue weighted by Gasteiger charge is 2.32. The SMILES string of the molecule is Cc1ccc(-n2nnnc2N[C@@H]2CCN3CCC[C@H]3C2)cc1. The fourth-order valence-corrected chi connectivity index (χ4v) is 3.68. The van der Waals surface area contributed by atoms with Gasteiger partial charge < -0.3 is 10.2 Å². The van der Waals surface area contributed by atoms with E-state index < -0.39 is 0 Å². The Morgan fingerprint density at radius 2 is 2.00 bits per heavy atom. The molecular weight excluding hydrogens is 276 g/mol. The zero-order valence-electron chi connectivity index (χ0n) is 12.9. The molecule has 2 aromatic rings. The molecule has 116 valence electrons. The van der Waals surface area contributed by atoms with Gasteiger partial charge in [0.1, 0.15) is 0 Å². The molecule has 0 radical (unpaired) electrons. The summed E-state index contributed by atoms with van der Waals surface area (Å²) in [6, 6.07) is 9.48. The predicted molar refractivity (Wildman–Crippen MR) is 85.1 cm³/mol. The van der Waals surface area contributed by atoms with Crippen LogP contribution in [-0.4, -0.2) is 50.3 Å². The van der Waals surface area contributed by atoms with E-state index in [4.69, 9.17) is 0 Å². The minimum atomic E-state index is 0.467. The van der Waals surface area contributed by atoms with E-state index in [1.54, 1.807) is 4.68 Å². The lowest BCUT2D eigenvalue weighted by Crippen LogP contribution is -2.43. The Balaban J connectivity index is 1.49.